The highest BCUT2D eigenvalue weighted by Gasteiger charge is 2.33. The standard InChI is InChI=1S/C14H26N2O2.ClH/c15-11-14(6-2-1-3-7-14)9-13(17)16-12-5-4-8-18-10-12;/h12H,1-11,15H2,(H,16,17);1H. The van der Waals surface area contributed by atoms with Crippen LogP contribution >= 0.6 is 12.4 Å². The van der Waals surface area contributed by atoms with Gasteiger partial charge in [0.15, 0.2) is 0 Å². The zero-order valence-corrected chi connectivity index (χ0v) is 12.5. The summed E-state index contributed by atoms with van der Waals surface area (Å²) in [6.07, 6.45) is 8.64. The fourth-order valence-corrected chi connectivity index (χ4v) is 3.23. The van der Waals surface area contributed by atoms with E-state index in [-0.39, 0.29) is 29.8 Å². The van der Waals surface area contributed by atoms with Crippen LogP contribution in [0.1, 0.15) is 51.4 Å². The molecule has 2 rings (SSSR count). The summed E-state index contributed by atoms with van der Waals surface area (Å²) in [7, 11) is 0. The van der Waals surface area contributed by atoms with Crippen molar-refractivity contribution in [2.24, 2.45) is 11.1 Å². The number of ether oxygens (including phenoxy) is 1. The van der Waals surface area contributed by atoms with Crippen molar-refractivity contribution in [3.05, 3.63) is 0 Å². The summed E-state index contributed by atoms with van der Waals surface area (Å²) in [5, 5.41) is 3.11. The molecule has 0 aromatic heterocycles. The Morgan fingerprint density at radius 2 is 2.00 bits per heavy atom. The number of amides is 1. The molecule has 2 aliphatic rings. The van der Waals surface area contributed by atoms with Crippen LogP contribution in [-0.4, -0.2) is 31.7 Å². The van der Waals surface area contributed by atoms with Crippen LogP contribution in [-0.2, 0) is 9.53 Å². The second kappa shape index (κ2) is 8.08. The minimum atomic E-state index is 0. The van der Waals surface area contributed by atoms with E-state index >= 15 is 0 Å². The van der Waals surface area contributed by atoms with Crippen molar-refractivity contribution in [1.82, 2.24) is 5.32 Å². The molecule has 112 valence electrons. The lowest BCUT2D eigenvalue weighted by Gasteiger charge is -2.36. The molecular formula is C14H27ClN2O2. The van der Waals surface area contributed by atoms with E-state index in [0.29, 0.717) is 19.6 Å². The molecule has 1 saturated heterocycles. The Hall–Kier alpha value is -0.320. The highest BCUT2D eigenvalue weighted by atomic mass is 35.5. The van der Waals surface area contributed by atoms with Crippen molar-refractivity contribution in [3.8, 4) is 0 Å². The Labute approximate surface area is 122 Å². The van der Waals surface area contributed by atoms with Crippen LogP contribution in [0.3, 0.4) is 0 Å². The average molecular weight is 291 g/mol. The highest BCUT2D eigenvalue weighted by molar-refractivity contribution is 5.85. The quantitative estimate of drug-likeness (QED) is 0.832. The van der Waals surface area contributed by atoms with Crippen LogP contribution in [0.2, 0.25) is 0 Å². The van der Waals surface area contributed by atoms with Crippen LogP contribution < -0.4 is 11.1 Å². The molecule has 0 bridgehead atoms. The second-order valence-corrected chi connectivity index (χ2v) is 5.92. The summed E-state index contributed by atoms with van der Waals surface area (Å²) < 4.78 is 5.39. The Balaban J connectivity index is 0.00000180. The molecule has 2 fully saturated rings. The topological polar surface area (TPSA) is 64.4 Å². The molecule has 1 saturated carbocycles. The lowest BCUT2D eigenvalue weighted by Crippen LogP contribution is -2.44. The summed E-state index contributed by atoms with van der Waals surface area (Å²) >= 11 is 0. The first-order chi connectivity index (χ1) is 8.74. The number of rotatable bonds is 4. The third-order valence-electron chi connectivity index (χ3n) is 4.41. The smallest absolute Gasteiger partial charge is 0.220 e. The molecule has 1 heterocycles. The van der Waals surface area contributed by atoms with Crippen LogP contribution in [0.15, 0.2) is 0 Å². The number of halogens is 1. The lowest BCUT2D eigenvalue weighted by atomic mass is 9.71. The van der Waals surface area contributed by atoms with E-state index in [4.69, 9.17) is 10.5 Å². The minimum absolute atomic E-state index is 0. The Morgan fingerprint density at radius 1 is 1.26 bits per heavy atom. The van der Waals surface area contributed by atoms with Crippen LogP contribution in [0, 0.1) is 5.41 Å². The molecule has 4 nitrogen and oxygen atoms in total. The van der Waals surface area contributed by atoms with Gasteiger partial charge in [0.25, 0.3) is 0 Å². The monoisotopic (exact) mass is 290 g/mol. The zero-order valence-electron chi connectivity index (χ0n) is 11.7. The van der Waals surface area contributed by atoms with Crippen molar-refractivity contribution in [2.75, 3.05) is 19.8 Å². The summed E-state index contributed by atoms with van der Waals surface area (Å²) in [4.78, 5) is 12.1. The second-order valence-electron chi connectivity index (χ2n) is 5.92. The molecule has 0 radical (unpaired) electrons. The molecule has 3 N–H and O–H groups in total. The van der Waals surface area contributed by atoms with Crippen molar-refractivity contribution in [2.45, 2.75) is 57.4 Å². The number of nitrogens with two attached hydrogens (primary N) is 1. The number of nitrogens with one attached hydrogen (secondary N) is 1. The zero-order chi connectivity index (χ0) is 12.8. The predicted octanol–water partition coefficient (Wildman–Crippen LogP) is 2.00. The van der Waals surface area contributed by atoms with E-state index in [0.717, 1.165) is 32.3 Å². The molecule has 0 aromatic rings. The predicted molar refractivity (Wildman–Crippen MR) is 78.4 cm³/mol. The number of carbonyl (C=O) groups is 1. The lowest BCUT2D eigenvalue weighted by molar-refractivity contribution is -0.125. The molecule has 19 heavy (non-hydrogen) atoms. The molecule has 5 heteroatoms. The van der Waals surface area contributed by atoms with E-state index in [1.807, 2.05) is 0 Å². The van der Waals surface area contributed by atoms with Gasteiger partial charge in [0, 0.05) is 13.0 Å². The average Bonchev–Trinajstić information content (AvgIpc) is 2.41. The molecular weight excluding hydrogens is 264 g/mol. The summed E-state index contributed by atoms with van der Waals surface area (Å²) in [6.45, 7) is 2.14. The van der Waals surface area contributed by atoms with Gasteiger partial charge in [-0.1, -0.05) is 19.3 Å². The van der Waals surface area contributed by atoms with E-state index < -0.39 is 0 Å². The number of carbonyl (C=O) groups excluding carboxylic acids is 1. The SMILES string of the molecule is Cl.NCC1(CC(=O)NC2CCCOC2)CCCCC1. The van der Waals surface area contributed by atoms with E-state index in [2.05, 4.69) is 5.32 Å². The number of hydrogen-bond acceptors (Lipinski definition) is 3. The Morgan fingerprint density at radius 3 is 2.58 bits per heavy atom. The third-order valence-corrected chi connectivity index (χ3v) is 4.41. The fraction of sp³-hybridized carbons (Fsp3) is 0.929. The van der Waals surface area contributed by atoms with E-state index in [1.54, 1.807) is 0 Å². The van der Waals surface area contributed by atoms with Gasteiger partial charge in [-0.2, -0.15) is 0 Å². The Kier molecular flexibility index (Phi) is 7.11. The summed E-state index contributed by atoms with van der Waals surface area (Å²) in [5.41, 5.74) is 5.98. The first-order valence-electron chi connectivity index (χ1n) is 7.31. The van der Waals surface area contributed by atoms with Crippen LogP contribution in [0.5, 0.6) is 0 Å². The number of hydrogen-bond donors (Lipinski definition) is 2. The maximum absolute atomic E-state index is 12.1. The molecule has 1 aliphatic carbocycles. The normalized spacial score (nSPS) is 26.3. The molecule has 1 unspecified atom stereocenters. The minimum Gasteiger partial charge on any atom is -0.379 e. The van der Waals surface area contributed by atoms with E-state index in [9.17, 15) is 4.79 Å². The highest BCUT2D eigenvalue weighted by Crippen LogP contribution is 2.38. The molecule has 0 spiro atoms. The molecule has 1 atom stereocenters. The first kappa shape index (κ1) is 16.7. The van der Waals surface area contributed by atoms with Crippen LogP contribution in [0.4, 0.5) is 0 Å². The van der Waals surface area contributed by atoms with Gasteiger partial charge in [0.2, 0.25) is 5.91 Å². The van der Waals surface area contributed by atoms with Gasteiger partial charge in [-0.25, -0.2) is 0 Å². The van der Waals surface area contributed by atoms with Gasteiger partial charge in [0.05, 0.1) is 12.6 Å². The van der Waals surface area contributed by atoms with Gasteiger partial charge in [0.1, 0.15) is 0 Å². The van der Waals surface area contributed by atoms with Gasteiger partial charge in [-0.15, -0.1) is 12.4 Å². The maximum atomic E-state index is 12.1. The maximum Gasteiger partial charge on any atom is 0.220 e. The van der Waals surface area contributed by atoms with Gasteiger partial charge >= 0.3 is 0 Å². The largest absolute Gasteiger partial charge is 0.379 e. The van der Waals surface area contributed by atoms with Crippen molar-refractivity contribution in [3.63, 3.8) is 0 Å². The summed E-state index contributed by atoms with van der Waals surface area (Å²) in [5.74, 6) is 0.165. The van der Waals surface area contributed by atoms with Gasteiger partial charge in [-0.3, -0.25) is 4.79 Å². The van der Waals surface area contributed by atoms with E-state index in [1.165, 1.54) is 19.3 Å². The van der Waals surface area contributed by atoms with Gasteiger partial charge in [-0.05, 0) is 37.6 Å². The van der Waals surface area contributed by atoms with Gasteiger partial charge < -0.3 is 15.8 Å². The van der Waals surface area contributed by atoms with Crippen LogP contribution in [0.25, 0.3) is 0 Å². The molecule has 1 aliphatic heterocycles. The third kappa shape index (κ3) is 4.93. The first-order valence-corrected chi connectivity index (χ1v) is 7.31. The fourth-order valence-electron chi connectivity index (χ4n) is 3.23. The van der Waals surface area contributed by atoms with Crippen molar-refractivity contribution >= 4 is 18.3 Å². The molecule has 1 amide bonds. The Bertz CT molecular complexity index is 275. The molecule has 0 aromatic carbocycles. The van der Waals surface area contributed by atoms with Crippen molar-refractivity contribution < 1.29 is 9.53 Å². The van der Waals surface area contributed by atoms with Crippen molar-refractivity contribution in [1.29, 1.82) is 0 Å². The summed E-state index contributed by atoms with van der Waals surface area (Å²) in [6, 6.07) is 0.213.